The first kappa shape index (κ1) is 20.1. The van der Waals surface area contributed by atoms with Crippen LogP contribution < -0.4 is 5.56 Å². The highest BCUT2D eigenvalue weighted by molar-refractivity contribution is 9.10. The first-order valence-electron chi connectivity index (χ1n) is 9.02. The van der Waals surface area contributed by atoms with Crippen molar-refractivity contribution in [3.63, 3.8) is 0 Å². The van der Waals surface area contributed by atoms with Crippen LogP contribution in [-0.2, 0) is 17.0 Å². The summed E-state index contributed by atoms with van der Waals surface area (Å²) in [5.41, 5.74) is 1.21. The van der Waals surface area contributed by atoms with Crippen LogP contribution in [0.1, 0.15) is 12.0 Å². The molecule has 0 radical (unpaired) electrons. The molecule has 4 rings (SSSR count). The summed E-state index contributed by atoms with van der Waals surface area (Å²) < 4.78 is 23.5. The number of methoxy groups -OCH3 is 1. The number of hydrogen-bond donors (Lipinski definition) is 0. The fourth-order valence-corrected chi connectivity index (χ4v) is 4.44. The molecular weight excluding hydrogens is 459 g/mol. The van der Waals surface area contributed by atoms with E-state index in [0.717, 1.165) is 5.52 Å². The van der Waals surface area contributed by atoms with Gasteiger partial charge in [-0.3, -0.25) is 13.8 Å². The molecule has 2 aromatic carbocycles. The molecule has 0 bridgehead atoms. The van der Waals surface area contributed by atoms with Crippen LogP contribution in [0, 0.1) is 5.82 Å². The van der Waals surface area contributed by atoms with Gasteiger partial charge in [0.05, 0.1) is 10.9 Å². The number of aromatic nitrogens is 4. The van der Waals surface area contributed by atoms with Gasteiger partial charge in [-0.2, -0.15) is 0 Å². The summed E-state index contributed by atoms with van der Waals surface area (Å²) in [7, 11) is 1.63. The molecule has 0 aliphatic rings. The predicted octanol–water partition coefficient (Wildman–Crippen LogP) is 4.27. The zero-order valence-electron chi connectivity index (χ0n) is 15.6. The second-order valence-corrected chi connectivity index (χ2v) is 8.32. The average Bonchev–Trinajstić information content (AvgIpc) is 3.14. The lowest BCUT2D eigenvalue weighted by atomic mass is 10.2. The Morgan fingerprint density at radius 2 is 2.03 bits per heavy atom. The van der Waals surface area contributed by atoms with Gasteiger partial charge >= 0.3 is 0 Å². The van der Waals surface area contributed by atoms with Gasteiger partial charge < -0.3 is 4.74 Å². The van der Waals surface area contributed by atoms with Gasteiger partial charge in [0, 0.05) is 30.5 Å². The van der Waals surface area contributed by atoms with Crippen molar-refractivity contribution in [3.8, 4) is 0 Å². The summed E-state index contributed by atoms with van der Waals surface area (Å²) in [5.74, 6) is 0.599. The second-order valence-electron chi connectivity index (χ2n) is 6.46. The van der Waals surface area contributed by atoms with Gasteiger partial charge in [0.2, 0.25) is 5.78 Å². The fourth-order valence-electron chi connectivity index (χ4n) is 3.18. The molecule has 0 amide bonds. The number of thioether (sulfide) groups is 1. The number of aryl methyl sites for hydroxylation is 1. The van der Waals surface area contributed by atoms with Gasteiger partial charge in [-0.05, 0) is 36.2 Å². The smallest absolute Gasteiger partial charge is 0.262 e. The molecule has 0 N–H and O–H groups in total. The Labute approximate surface area is 178 Å². The molecule has 0 spiro atoms. The monoisotopic (exact) mass is 476 g/mol. The van der Waals surface area contributed by atoms with Gasteiger partial charge in [0.1, 0.15) is 5.82 Å². The van der Waals surface area contributed by atoms with Gasteiger partial charge in [0.15, 0.2) is 5.16 Å². The molecule has 2 heterocycles. The molecule has 4 aromatic rings. The van der Waals surface area contributed by atoms with Crippen LogP contribution in [0.25, 0.3) is 16.7 Å². The number of ether oxygens (including phenoxy) is 1. The topological polar surface area (TPSA) is 61.4 Å². The minimum atomic E-state index is -0.276. The van der Waals surface area contributed by atoms with Crippen LogP contribution in [0.15, 0.2) is 56.9 Å². The number of hydrogen-bond acceptors (Lipinski definition) is 5. The summed E-state index contributed by atoms with van der Waals surface area (Å²) in [6.07, 6.45) is 0.684. The predicted molar refractivity (Wildman–Crippen MR) is 115 cm³/mol. The molecule has 6 nitrogen and oxygen atoms in total. The molecule has 0 unspecified atom stereocenters. The van der Waals surface area contributed by atoms with Crippen molar-refractivity contribution >= 4 is 44.4 Å². The first-order valence-corrected chi connectivity index (χ1v) is 10.8. The Balaban J connectivity index is 1.78. The Hall–Kier alpha value is -2.23. The molecule has 29 heavy (non-hydrogen) atoms. The van der Waals surface area contributed by atoms with Crippen LogP contribution in [0.4, 0.5) is 4.39 Å². The molecule has 0 saturated heterocycles. The molecule has 9 heteroatoms. The zero-order chi connectivity index (χ0) is 20.4. The maximum atomic E-state index is 14.2. The van der Waals surface area contributed by atoms with Crippen molar-refractivity contribution in [3.05, 3.63) is 68.7 Å². The quantitative estimate of drug-likeness (QED) is 0.294. The summed E-state index contributed by atoms with van der Waals surface area (Å²) in [6, 6.07) is 12.4. The number of rotatable bonds is 7. The van der Waals surface area contributed by atoms with E-state index in [0.29, 0.717) is 51.7 Å². The van der Waals surface area contributed by atoms with Crippen LogP contribution in [0.2, 0.25) is 0 Å². The molecular formula is C20H18BrFN4O2S. The molecule has 0 saturated carbocycles. The van der Waals surface area contributed by atoms with Crippen molar-refractivity contribution in [2.45, 2.75) is 23.9 Å². The third-order valence-corrected chi connectivity index (χ3v) is 6.05. The van der Waals surface area contributed by atoms with E-state index in [1.807, 2.05) is 28.7 Å². The minimum Gasteiger partial charge on any atom is -0.385 e. The Kier molecular flexibility index (Phi) is 5.98. The van der Waals surface area contributed by atoms with Crippen LogP contribution in [0.5, 0.6) is 0 Å². The lowest BCUT2D eigenvalue weighted by Crippen LogP contribution is -2.24. The Morgan fingerprint density at radius 3 is 2.83 bits per heavy atom. The van der Waals surface area contributed by atoms with Gasteiger partial charge in [0.25, 0.3) is 5.56 Å². The van der Waals surface area contributed by atoms with Crippen LogP contribution >= 0.6 is 27.7 Å². The molecule has 0 aliphatic heterocycles. The highest BCUT2D eigenvalue weighted by Crippen LogP contribution is 2.26. The third kappa shape index (κ3) is 3.94. The standard InChI is InChI=1S/C20H18BrFN4O2S/c1-28-10-4-9-25-18(27)15-5-2-3-6-17(15)26-19(25)23-24-20(26)29-12-13-7-8-14(21)11-16(13)22/h2-3,5-8,11H,4,9-10,12H2,1H3. The third-order valence-electron chi connectivity index (χ3n) is 4.58. The summed E-state index contributed by atoms with van der Waals surface area (Å²) in [5, 5.41) is 9.76. The Bertz CT molecular complexity index is 1240. The number of benzene rings is 2. The fraction of sp³-hybridized carbons (Fsp3) is 0.250. The number of nitrogens with zero attached hydrogens (tertiary/aromatic N) is 4. The molecule has 0 aliphatic carbocycles. The maximum Gasteiger partial charge on any atom is 0.262 e. The van der Waals surface area contributed by atoms with Crippen LogP contribution in [-0.4, -0.2) is 32.9 Å². The first-order chi connectivity index (χ1) is 14.1. The molecule has 2 aromatic heterocycles. The van der Waals surface area contributed by atoms with Crippen molar-refractivity contribution in [2.75, 3.05) is 13.7 Å². The minimum absolute atomic E-state index is 0.105. The van der Waals surface area contributed by atoms with E-state index >= 15 is 0 Å². The average molecular weight is 477 g/mol. The van der Waals surface area contributed by atoms with E-state index in [4.69, 9.17) is 4.74 Å². The molecule has 0 atom stereocenters. The van der Waals surface area contributed by atoms with Gasteiger partial charge in [-0.15, -0.1) is 10.2 Å². The normalized spacial score (nSPS) is 11.6. The van der Waals surface area contributed by atoms with E-state index in [1.165, 1.54) is 17.8 Å². The van der Waals surface area contributed by atoms with E-state index < -0.39 is 0 Å². The van der Waals surface area contributed by atoms with E-state index in [-0.39, 0.29) is 11.4 Å². The summed E-state index contributed by atoms with van der Waals surface area (Å²) >= 11 is 4.65. The number of para-hydroxylation sites is 1. The van der Waals surface area contributed by atoms with Crippen LogP contribution in [0.3, 0.4) is 0 Å². The van der Waals surface area contributed by atoms with E-state index in [1.54, 1.807) is 23.8 Å². The van der Waals surface area contributed by atoms with E-state index in [2.05, 4.69) is 26.1 Å². The summed E-state index contributed by atoms with van der Waals surface area (Å²) in [4.78, 5) is 13.0. The highest BCUT2D eigenvalue weighted by Gasteiger charge is 2.17. The van der Waals surface area contributed by atoms with Crippen molar-refractivity contribution in [2.24, 2.45) is 0 Å². The van der Waals surface area contributed by atoms with Crippen molar-refractivity contribution in [1.82, 2.24) is 19.2 Å². The maximum absolute atomic E-state index is 14.2. The number of fused-ring (bicyclic) bond motifs is 3. The lowest BCUT2D eigenvalue weighted by molar-refractivity contribution is 0.190. The van der Waals surface area contributed by atoms with Gasteiger partial charge in [-0.25, -0.2) is 4.39 Å². The summed E-state index contributed by atoms with van der Waals surface area (Å²) in [6.45, 7) is 1.02. The SMILES string of the molecule is COCCCn1c(=O)c2ccccc2n2c(SCc3ccc(Br)cc3F)nnc12. The van der Waals surface area contributed by atoms with E-state index in [9.17, 15) is 9.18 Å². The Morgan fingerprint density at radius 1 is 1.21 bits per heavy atom. The van der Waals surface area contributed by atoms with Crippen molar-refractivity contribution in [1.29, 1.82) is 0 Å². The highest BCUT2D eigenvalue weighted by atomic mass is 79.9. The lowest BCUT2D eigenvalue weighted by Gasteiger charge is -2.11. The van der Waals surface area contributed by atoms with Crippen molar-refractivity contribution < 1.29 is 9.13 Å². The van der Waals surface area contributed by atoms with Gasteiger partial charge in [-0.1, -0.05) is 45.9 Å². The number of halogens is 2. The zero-order valence-corrected chi connectivity index (χ0v) is 18.0. The second kappa shape index (κ2) is 8.64. The molecule has 150 valence electrons. The largest absolute Gasteiger partial charge is 0.385 e. The molecule has 0 fully saturated rings.